The van der Waals surface area contributed by atoms with Crippen molar-refractivity contribution in [2.75, 3.05) is 0 Å². The third-order valence-electron chi connectivity index (χ3n) is 1.82. The van der Waals surface area contributed by atoms with Crippen LogP contribution in [0.5, 0.6) is 0 Å². The predicted molar refractivity (Wildman–Crippen MR) is 53.4 cm³/mol. The van der Waals surface area contributed by atoms with E-state index in [2.05, 4.69) is 10.2 Å². The maximum absolute atomic E-state index is 8.81. The zero-order chi connectivity index (χ0) is 12.7. The average Bonchev–Trinajstić information content (AvgIpc) is 2.27. The third-order valence-corrected chi connectivity index (χ3v) is 1.82. The van der Waals surface area contributed by atoms with E-state index in [4.69, 9.17) is 21.0 Å². The fraction of sp³-hybridized carbons (Fsp3) is 0.600. The van der Waals surface area contributed by atoms with E-state index < -0.39 is 11.1 Å². The van der Waals surface area contributed by atoms with Gasteiger partial charge in [-0.25, -0.2) is 0 Å². The summed E-state index contributed by atoms with van der Waals surface area (Å²) < 4.78 is 0. The van der Waals surface area contributed by atoms with Gasteiger partial charge in [-0.3, -0.25) is 0 Å². The van der Waals surface area contributed by atoms with Gasteiger partial charge in [0.25, 0.3) is 0 Å². The Balaban J connectivity index is 4.98. The summed E-state index contributed by atoms with van der Waals surface area (Å²) in [6, 6.07) is 7.33. The molecule has 6 nitrogen and oxygen atoms in total. The van der Waals surface area contributed by atoms with E-state index in [0.717, 1.165) is 0 Å². The van der Waals surface area contributed by atoms with Gasteiger partial charge in [-0.2, -0.15) is 31.3 Å². The number of hydrogen-bond donors (Lipinski definition) is 0. The van der Waals surface area contributed by atoms with E-state index in [0.29, 0.717) is 0 Å². The molecule has 0 fully saturated rings. The van der Waals surface area contributed by atoms with Crippen LogP contribution in [0, 0.1) is 45.3 Å². The van der Waals surface area contributed by atoms with Gasteiger partial charge in [-0.1, -0.05) is 0 Å². The van der Waals surface area contributed by atoms with E-state index in [1.165, 1.54) is 13.8 Å². The van der Waals surface area contributed by atoms with Gasteiger partial charge < -0.3 is 0 Å². The molecule has 80 valence electrons. The lowest BCUT2D eigenvalue weighted by Gasteiger charge is -2.14. The minimum Gasteiger partial charge on any atom is -0.198 e. The van der Waals surface area contributed by atoms with Crippen molar-refractivity contribution in [1.82, 2.24) is 0 Å². The van der Waals surface area contributed by atoms with E-state index in [9.17, 15) is 0 Å². The predicted octanol–water partition coefficient (Wildman–Crippen LogP) is 1.83. The Kier molecular flexibility index (Phi) is 4.61. The molecule has 0 aromatic heterocycles. The fourth-order valence-electron chi connectivity index (χ4n) is 0.723. The Bertz CT molecular complexity index is 398. The van der Waals surface area contributed by atoms with Crippen molar-refractivity contribution in [2.24, 2.45) is 10.2 Å². The van der Waals surface area contributed by atoms with Crippen LogP contribution in [0.3, 0.4) is 0 Å². The summed E-state index contributed by atoms with van der Waals surface area (Å²) in [6.07, 6.45) is -0.220. The Morgan fingerprint density at radius 2 is 1.12 bits per heavy atom. The molecule has 0 saturated carbocycles. The molecule has 0 rings (SSSR count). The number of nitrogens with zero attached hydrogens (tertiary/aromatic N) is 6. The first-order valence-electron chi connectivity index (χ1n) is 4.46. The zero-order valence-corrected chi connectivity index (χ0v) is 9.10. The lowest BCUT2D eigenvalue weighted by atomic mass is 10.0. The number of rotatable bonds is 4. The second-order valence-electron chi connectivity index (χ2n) is 3.64. The monoisotopic (exact) mass is 214 g/mol. The molecule has 0 radical (unpaired) electrons. The van der Waals surface area contributed by atoms with Crippen LogP contribution in [-0.4, -0.2) is 11.1 Å². The van der Waals surface area contributed by atoms with E-state index in [1.807, 2.05) is 24.3 Å². The van der Waals surface area contributed by atoms with Gasteiger partial charge in [0.1, 0.15) is 0 Å². The highest BCUT2D eigenvalue weighted by atomic mass is 15.2. The molecule has 16 heavy (non-hydrogen) atoms. The molecule has 0 aliphatic heterocycles. The molecule has 0 heterocycles. The van der Waals surface area contributed by atoms with E-state index in [-0.39, 0.29) is 12.8 Å². The molecule has 0 aromatic carbocycles. The molecule has 0 aromatic rings. The summed E-state index contributed by atoms with van der Waals surface area (Å²) in [7, 11) is 0. The summed E-state index contributed by atoms with van der Waals surface area (Å²) in [4.78, 5) is 0. The topological polar surface area (TPSA) is 120 Å². The van der Waals surface area contributed by atoms with E-state index in [1.54, 1.807) is 0 Å². The molecule has 6 heteroatoms. The molecular formula is C10H10N6. The second-order valence-corrected chi connectivity index (χ2v) is 3.64. The second kappa shape index (κ2) is 5.44. The quantitative estimate of drug-likeness (QED) is 0.662. The van der Waals surface area contributed by atoms with Crippen LogP contribution < -0.4 is 0 Å². The summed E-state index contributed by atoms with van der Waals surface area (Å²) >= 11 is 0. The van der Waals surface area contributed by atoms with Crippen molar-refractivity contribution in [3.05, 3.63) is 0 Å². The highest BCUT2D eigenvalue weighted by Crippen LogP contribution is 2.20. The standard InChI is InChI=1S/C10H10N6/c1-9(7-13,3-5-11)15-16-10(2,8-14)4-6-12/h3-4H2,1-2H3. The van der Waals surface area contributed by atoms with Gasteiger partial charge in [-0.05, 0) is 13.8 Å². The van der Waals surface area contributed by atoms with Crippen molar-refractivity contribution in [3.63, 3.8) is 0 Å². The smallest absolute Gasteiger partial charge is 0.177 e. The molecule has 2 atom stereocenters. The van der Waals surface area contributed by atoms with Crippen LogP contribution in [0.15, 0.2) is 10.2 Å². The Morgan fingerprint density at radius 3 is 1.31 bits per heavy atom. The van der Waals surface area contributed by atoms with Crippen molar-refractivity contribution in [3.8, 4) is 24.3 Å². The Labute approximate surface area is 94.0 Å². The summed E-state index contributed by atoms with van der Waals surface area (Å²) in [5, 5.41) is 42.0. The van der Waals surface area contributed by atoms with Gasteiger partial charge in [0.05, 0.1) is 37.1 Å². The van der Waals surface area contributed by atoms with Crippen molar-refractivity contribution in [2.45, 2.75) is 37.8 Å². The summed E-state index contributed by atoms with van der Waals surface area (Å²) in [5.74, 6) is 0. The average molecular weight is 214 g/mol. The molecule has 2 unspecified atom stereocenters. The van der Waals surface area contributed by atoms with Gasteiger partial charge >= 0.3 is 0 Å². The molecule has 0 spiro atoms. The minimum absolute atomic E-state index is 0.110. The molecule has 0 bridgehead atoms. The maximum atomic E-state index is 8.81. The molecule has 0 aliphatic carbocycles. The normalized spacial score (nSPS) is 17.1. The molecule has 0 saturated heterocycles. The van der Waals surface area contributed by atoms with Gasteiger partial charge in [0, 0.05) is 0 Å². The van der Waals surface area contributed by atoms with Gasteiger partial charge in [0.15, 0.2) is 11.1 Å². The largest absolute Gasteiger partial charge is 0.198 e. The molecule has 0 amide bonds. The number of hydrogen-bond acceptors (Lipinski definition) is 6. The highest BCUT2D eigenvalue weighted by Gasteiger charge is 2.28. The van der Waals surface area contributed by atoms with Crippen LogP contribution in [0.2, 0.25) is 0 Å². The Morgan fingerprint density at radius 1 is 0.812 bits per heavy atom. The van der Waals surface area contributed by atoms with Crippen molar-refractivity contribution < 1.29 is 0 Å². The highest BCUT2D eigenvalue weighted by molar-refractivity contribution is 5.11. The van der Waals surface area contributed by atoms with E-state index >= 15 is 0 Å². The minimum atomic E-state index is -1.26. The first-order valence-corrected chi connectivity index (χ1v) is 4.46. The van der Waals surface area contributed by atoms with Gasteiger partial charge in [0.2, 0.25) is 0 Å². The van der Waals surface area contributed by atoms with Crippen LogP contribution in [0.25, 0.3) is 0 Å². The maximum Gasteiger partial charge on any atom is 0.177 e. The van der Waals surface area contributed by atoms with Crippen LogP contribution >= 0.6 is 0 Å². The third kappa shape index (κ3) is 3.74. The first kappa shape index (κ1) is 13.6. The zero-order valence-electron chi connectivity index (χ0n) is 9.10. The van der Waals surface area contributed by atoms with Crippen LogP contribution in [-0.2, 0) is 0 Å². The van der Waals surface area contributed by atoms with Crippen molar-refractivity contribution in [1.29, 1.82) is 21.0 Å². The summed E-state index contributed by atoms with van der Waals surface area (Å²) in [5.41, 5.74) is -2.52. The number of nitriles is 4. The van der Waals surface area contributed by atoms with Crippen LogP contribution in [0.1, 0.15) is 26.7 Å². The first-order chi connectivity index (χ1) is 7.45. The van der Waals surface area contributed by atoms with Gasteiger partial charge in [-0.15, -0.1) is 0 Å². The number of azo groups is 1. The fourth-order valence-corrected chi connectivity index (χ4v) is 0.723. The lowest BCUT2D eigenvalue weighted by molar-refractivity contribution is 0.500. The molecule has 0 aliphatic rings. The molecule has 0 N–H and O–H groups in total. The SMILES string of the molecule is CC(C#N)(CC#N)N=NC(C)(C#N)CC#N. The Hall–Kier alpha value is -2.44. The lowest BCUT2D eigenvalue weighted by Crippen LogP contribution is -2.22. The van der Waals surface area contributed by atoms with Crippen molar-refractivity contribution >= 4 is 0 Å². The van der Waals surface area contributed by atoms with Crippen LogP contribution in [0.4, 0.5) is 0 Å². The molecular weight excluding hydrogens is 204 g/mol. The summed E-state index contributed by atoms with van der Waals surface area (Å²) in [6.45, 7) is 2.90.